The van der Waals surface area contributed by atoms with E-state index in [0.29, 0.717) is 23.6 Å². The molecule has 0 spiro atoms. The number of hydrogen-bond donors (Lipinski definition) is 2. The summed E-state index contributed by atoms with van der Waals surface area (Å²) in [5.74, 6) is 0.00652. The molecule has 2 amide bonds. The number of benzene rings is 1. The molecule has 8 nitrogen and oxygen atoms in total. The molecule has 1 aromatic carbocycles. The van der Waals surface area contributed by atoms with Crippen LogP contribution in [0.2, 0.25) is 0 Å². The van der Waals surface area contributed by atoms with E-state index in [0.717, 1.165) is 19.3 Å². The first kappa shape index (κ1) is 21.1. The van der Waals surface area contributed by atoms with Crippen molar-refractivity contribution in [2.75, 3.05) is 6.54 Å². The minimum atomic E-state index is -3.60. The Morgan fingerprint density at radius 2 is 1.72 bits per heavy atom. The maximum Gasteiger partial charge on any atom is 0.273 e. The molecule has 0 saturated carbocycles. The van der Waals surface area contributed by atoms with Crippen LogP contribution in [0.1, 0.15) is 58.4 Å². The van der Waals surface area contributed by atoms with Gasteiger partial charge in [-0.1, -0.05) is 6.42 Å². The van der Waals surface area contributed by atoms with Crippen molar-refractivity contribution < 1.29 is 22.4 Å². The van der Waals surface area contributed by atoms with Crippen LogP contribution in [0.15, 0.2) is 39.6 Å². The molecule has 0 radical (unpaired) electrons. The van der Waals surface area contributed by atoms with Crippen LogP contribution < -0.4 is 10.9 Å². The third kappa shape index (κ3) is 4.51. The van der Waals surface area contributed by atoms with Gasteiger partial charge < -0.3 is 4.42 Å². The molecule has 156 valence electrons. The van der Waals surface area contributed by atoms with Crippen molar-refractivity contribution in [1.82, 2.24) is 15.2 Å². The number of nitrogens with zero attached hydrogens (tertiary/aromatic N) is 1. The van der Waals surface area contributed by atoms with E-state index in [-0.39, 0.29) is 16.5 Å². The summed E-state index contributed by atoms with van der Waals surface area (Å²) < 4.78 is 32.5. The molecular weight excluding hydrogens is 394 g/mol. The Kier molecular flexibility index (Phi) is 6.09. The van der Waals surface area contributed by atoms with Crippen LogP contribution in [0.5, 0.6) is 0 Å². The normalized spacial score (nSPS) is 17.7. The van der Waals surface area contributed by atoms with Crippen molar-refractivity contribution in [2.24, 2.45) is 0 Å². The summed E-state index contributed by atoms with van der Waals surface area (Å²) in [5, 5.41) is 0. The summed E-state index contributed by atoms with van der Waals surface area (Å²) in [5.41, 5.74) is 5.22. The van der Waals surface area contributed by atoms with Crippen LogP contribution in [0.25, 0.3) is 0 Å². The second-order valence-electron chi connectivity index (χ2n) is 7.22. The fourth-order valence-corrected chi connectivity index (χ4v) is 5.15. The van der Waals surface area contributed by atoms with Crippen molar-refractivity contribution in [3.05, 3.63) is 53.0 Å². The molecule has 9 heteroatoms. The fourth-order valence-electron chi connectivity index (χ4n) is 3.45. The van der Waals surface area contributed by atoms with Crippen LogP contribution in [-0.4, -0.2) is 37.1 Å². The number of carbonyl (C=O) groups is 2. The van der Waals surface area contributed by atoms with Gasteiger partial charge in [0.15, 0.2) is 0 Å². The number of rotatable bonds is 4. The van der Waals surface area contributed by atoms with Crippen LogP contribution >= 0.6 is 0 Å². The third-order valence-corrected chi connectivity index (χ3v) is 7.07. The highest BCUT2D eigenvalue weighted by atomic mass is 32.2. The minimum absolute atomic E-state index is 0.0399. The number of amides is 2. The number of hydrazine groups is 1. The third-order valence-electron chi connectivity index (χ3n) is 5.04. The molecule has 0 unspecified atom stereocenters. The molecule has 1 fully saturated rings. The van der Waals surface area contributed by atoms with Crippen molar-refractivity contribution >= 4 is 21.8 Å². The van der Waals surface area contributed by atoms with E-state index in [9.17, 15) is 18.0 Å². The van der Waals surface area contributed by atoms with Crippen LogP contribution in [0.4, 0.5) is 0 Å². The van der Waals surface area contributed by atoms with Gasteiger partial charge in [-0.3, -0.25) is 20.4 Å². The van der Waals surface area contributed by atoms with Crippen LogP contribution in [0.3, 0.4) is 0 Å². The Hall–Kier alpha value is -2.65. The van der Waals surface area contributed by atoms with E-state index in [1.165, 1.54) is 28.6 Å². The Bertz CT molecular complexity index is 1010. The summed E-state index contributed by atoms with van der Waals surface area (Å²) >= 11 is 0. The second-order valence-corrected chi connectivity index (χ2v) is 9.11. The van der Waals surface area contributed by atoms with Gasteiger partial charge in [0.2, 0.25) is 10.0 Å². The molecule has 0 aliphatic carbocycles. The molecule has 29 heavy (non-hydrogen) atoms. The molecular formula is C20H25N3O5S. The lowest BCUT2D eigenvalue weighted by Crippen LogP contribution is -2.42. The monoisotopic (exact) mass is 419 g/mol. The molecule has 2 heterocycles. The van der Waals surface area contributed by atoms with Gasteiger partial charge in [0, 0.05) is 18.2 Å². The minimum Gasteiger partial charge on any atom is -0.466 e. The predicted octanol–water partition coefficient (Wildman–Crippen LogP) is 2.53. The van der Waals surface area contributed by atoms with Gasteiger partial charge in [0.25, 0.3) is 11.8 Å². The summed E-state index contributed by atoms with van der Waals surface area (Å²) in [6.45, 7) is 5.80. The lowest BCUT2D eigenvalue weighted by atomic mass is 10.1. The molecule has 1 aliphatic rings. The molecule has 2 aromatic rings. The second kappa shape index (κ2) is 8.38. The van der Waals surface area contributed by atoms with E-state index >= 15 is 0 Å². The first-order chi connectivity index (χ1) is 13.7. The molecule has 1 atom stereocenters. The Balaban J connectivity index is 1.65. The lowest BCUT2D eigenvalue weighted by Gasteiger charge is -2.32. The maximum absolute atomic E-state index is 12.8. The van der Waals surface area contributed by atoms with Gasteiger partial charge in [-0.05, 0) is 63.9 Å². The molecule has 3 rings (SSSR count). The van der Waals surface area contributed by atoms with Crippen LogP contribution in [0, 0.1) is 13.8 Å². The zero-order valence-electron chi connectivity index (χ0n) is 16.7. The van der Waals surface area contributed by atoms with Gasteiger partial charge in [0.05, 0.1) is 10.5 Å². The summed E-state index contributed by atoms with van der Waals surface area (Å²) in [4.78, 5) is 24.6. The van der Waals surface area contributed by atoms with Crippen molar-refractivity contribution in [2.45, 2.75) is 51.0 Å². The number of hydrogen-bond acceptors (Lipinski definition) is 5. The van der Waals surface area contributed by atoms with Crippen molar-refractivity contribution in [3.8, 4) is 0 Å². The Morgan fingerprint density at radius 1 is 1.07 bits per heavy atom. The fraction of sp³-hybridized carbons (Fsp3) is 0.400. The first-order valence-corrected chi connectivity index (χ1v) is 10.9. The number of sulfonamides is 1. The number of carbonyl (C=O) groups excluding carboxylic acids is 2. The highest BCUT2D eigenvalue weighted by Gasteiger charge is 2.30. The summed E-state index contributed by atoms with van der Waals surface area (Å²) in [6.07, 6.45) is 2.71. The average molecular weight is 420 g/mol. The van der Waals surface area contributed by atoms with Gasteiger partial charge >= 0.3 is 0 Å². The zero-order valence-corrected chi connectivity index (χ0v) is 17.5. The van der Waals surface area contributed by atoms with Gasteiger partial charge in [-0.2, -0.15) is 4.31 Å². The highest BCUT2D eigenvalue weighted by molar-refractivity contribution is 7.89. The number of nitrogens with one attached hydrogen (secondary N) is 2. The number of aryl methyl sites for hydroxylation is 2. The van der Waals surface area contributed by atoms with Gasteiger partial charge in [-0.15, -0.1) is 0 Å². The van der Waals surface area contributed by atoms with Crippen molar-refractivity contribution in [3.63, 3.8) is 0 Å². The lowest BCUT2D eigenvalue weighted by molar-refractivity contribution is 0.0845. The van der Waals surface area contributed by atoms with Gasteiger partial charge in [0.1, 0.15) is 11.5 Å². The topological polar surface area (TPSA) is 109 Å². The van der Waals surface area contributed by atoms with Crippen molar-refractivity contribution in [1.29, 1.82) is 0 Å². The van der Waals surface area contributed by atoms with E-state index < -0.39 is 21.8 Å². The zero-order chi connectivity index (χ0) is 21.2. The van der Waals surface area contributed by atoms with E-state index in [1.807, 2.05) is 6.92 Å². The SMILES string of the molecule is Cc1cc(C(=O)NNC(=O)c2ccc(S(=O)(=O)N3CCCC[C@@H]3C)cc2)c(C)o1. The highest BCUT2D eigenvalue weighted by Crippen LogP contribution is 2.25. The smallest absolute Gasteiger partial charge is 0.273 e. The van der Waals surface area contributed by atoms with E-state index in [4.69, 9.17) is 4.42 Å². The summed E-state index contributed by atoms with van der Waals surface area (Å²) in [7, 11) is -3.60. The maximum atomic E-state index is 12.8. The largest absolute Gasteiger partial charge is 0.466 e. The molecule has 1 aliphatic heterocycles. The molecule has 2 N–H and O–H groups in total. The number of piperidine rings is 1. The van der Waals surface area contributed by atoms with E-state index in [2.05, 4.69) is 10.9 Å². The number of furan rings is 1. The Labute approximate surface area is 170 Å². The van der Waals surface area contributed by atoms with Gasteiger partial charge in [-0.25, -0.2) is 8.42 Å². The molecule has 1 saturated heterocycles. The predicted molar refractivity (Wildman–Crippen MR) is 107 cm³/mol. The van der Waals surface area contributed by atoms with E-state index in [1.54, 1.807) is 19.9 Å². The first-order valence-electron chi connectivity index (χ1n) is 9.50. The van der Waals surface area contributed by atoms with Crippen LogP contribution in [-0.2, 0) is 10.0 Å². The average Bonchev–Trinajstić information content (AvgIpc) is 3.04. The molecule has 1 aromatic heterocycles. The summed E-state index contributed by atoms with van der Waals surface area (Å²) in [6, 6.07) is 7.22. The Morgan fingerprint density at radius 3 is 2.31 bits per heavy atom. The quantitative estimate of drug-likeness (QED) is 0.741. The standard InChI is InChI=1S/C20H25N3O5S/c1-13-6-4-5-11-23(13)29(26,27)17-9-7-16(8-10-17)19(24)21-22-20(25)18-12-14(2)28-15(18)3/h7-10,12-13H,4-6,11H2,1-3H3,(H,21,24)(H,22,25)/t13-/m0/s1. The molecule has 0 bridgehead atoms.